The van der Waals surface area contributed by atoms with Crippen LogP contribution in [0.25, 0.3) is 0 Å². The van der Waals surface area contributed by atoms with Crippen LogP contribution in [0.15, 0.2) is 0 Å². The van der Waals surface area contributed by atoms with Crippen LogP contribution in [0.3, 0.4) is 0 Å². The van der Waals surface area contributed by atoms with Crippen molar-refractivity contribution in [2.45, 2.75) is 275 Å². The third-order valence-electron chi connectivity index (χ3n) is 11.6. The molecule has 8 nitrogen and oxygen atoms in total. The highest BCUT2D eigenvalue weighted by Crippen LogP contribution is 2.23. The fraction of sp³-hybridized carbons (Fsp3) is 0.978. The number of amides is 1. The first-order valence-corrected chi connectivity index (χ1v) is 23.7. The second-order valence-electron chi connectivity index (χ2n) is 16.8. The molecule has 0 aromatic carbocycles. The minimum Gasteiger partial charge on any atom is -0.394 e. The molecule has 1 unspecified atom stereocenters. The van der Waals surface area contributed by atoms with E-state index in [1.54, 1.807) is 0 Å². The number of unbranched alkanes of at least 4 members (excludes halogenated alkanes) is 31. The molecule has 0 spiro atoms. The Morgan fingerprint density at radius 2 is 0.870 bits per heavy atom. The Morgan fingerprint density at radius 3 is 1.24 bits per heavy atom. The van der Waals surface area contributed by atoms with Crippen LogP contribution in [0.1, 0.15) is 239 Å². The first-order valence-electron chi connectivity index (χ1n) is 23.7. The van der Waals surface area contributed by atoms with Gasteiger partial charge in [0.2, 0.25) is 5.91 Å². The number of carbonyl (C=O) groups is 1. The van der Waals surface area contributed by atoms with Crippen molar-refractivity contribution in [1.82, 2.24) is 5.32 Å². The number of carbonyl (C=O) groups excluding carboxylic acids is 1. The Bertz CT molecular complexity index is 799. The third-order valence-corrected chi connectivity index (χ3v) is 11.6. The molecule has 1 aliphatic rings. The van der Waals surface area contributed by atoms with Gasteiger partial charge in [0.25, 0.3) is 0 Å². The maximum absolute atomic E-state index is 12.9. The van der Waals surface area contributed by atoms with Crippen LogP contribution in [0.2, 0.25) is 0 Å². The third kappa shape index (κ3) is 28.6. The van der Waals surface area contributed by atoms with Crippen LogP contribution in [0, 0.1) is 0 Å². The minimum atomic E-state index is -1.48. The highest BCUT2D eigenvalue weighted by Gasteiger charge is 2.44. The zero-order valence-electron chi connectivity index (χ0n) is 35.6. The van der Waals surface area contributed by atoms with Gasteiger partial charge < -0.3 is 35.2 Å². The van der Waals surface area contributed by atoms with Crippen LogP contribution in [0.5, 0.6) is 0 Å². The van der Waals surface area contributed by atoms with E-state index in [-0.39, 0.29) is 18.6 Å². The predicted molar refractivity (Wildman–Crippen MR) is 225 cm³/mol. The summed E-state index contributed by atoms with van der Waals surface area (Å²) in [5, 5.41) is 43.4. The number of rotatable bonds is 40. The highest BCUT2D eigenvalue weighted by molar-refractivity contribution is 5.76. The average Bonchev–Trinajstić information content (AvgIpc) is 3.17. The molecule has 5 N–H and O–H groups in total. The summed E-state index contributed by atoms with van der Waals surface area (Å²) < 4.78 is 11.4. The Kier molecular flexibility index (Phi) is 35.9. The molecule has 0 aromatic heterocycles. The summed E-state index contributed by atoms with van der Waals surface area (Å²) >= 11 is 0. The lowest BCUT2D eigenvalue weighted by Crippen LogP contribution is -2.59. The van der Waals surface area contributed by atoms with Crippen molar-refractivity contribution >= 4 is 5.91 Å². The molecule has 54 heavy (non-hydrogen) atoms. The van der Waals surface area contributed by atoms with E-state index in [1.807, 2.05) is 0 Å². The van der Waals surface area contributed by atoms with Crippen LogP contribution in [-0.4, -0.2) is 76.3 Å². The molecular formula is C46H91NO7. The van der Waals surface area contributed by atoms with E-state index in [0.29, 0.717) is 6.42 Å². The number of aliphatic hydroxyl groups is 4. The summed E-state index contributed by atoms with van der Waals surface area (Å²) in [6, 6.07) is -0.233. The van der Waals surface area contributed by atoms with Crippen molar-refractivity contribution in [3.8, 4) is 0 Å². The smallest absolute Gasteiger partial charge is 0.220 e. The van der Waals surface area contributed by atoms with Gasteiger partial charge in [0.1, 0.15) is 24.4 Å². The van der Waals surface area contributed by atoms with Gasteiger partial charge in [-0.2, -0.15) is 0 Å². The Balaban J connectivity index is 2.18. The normalized spacial score (nSPS) is 20.7. The lowest BCUT2D eigenvalue weighted by molar-refractivity contribution is -0.302. The Morgan fingerprint density at radius 1 is 0.519 bits per heavy atom. The molecule has 1 rings (SSSR count). The van der Waals surface area contributed by atoms with E-state index < -0.39 is 37.3 Å². The van der Waals surface area contributed by atoms with Crippen LogP contribution < -0.4 is 5.32 Å². The lowest BCUT2D eigenvalue weighted by atomic mass is 9.99. The van der Waals surface area contributed by atoms with Gasteiger partial charge in [-0.1, -0.05) is 219 Å². The molecule has 322 valence electrons. The number of hydrogen-bond acceptors (Lipinski definition) is 7. The van der Waals surface area contributed by atoms with E-state index in [2.05, 4.69) is 19.2 Å². The number of hydrogen-bond donors (Lipinski definition) is 5. The van der Waals surface area contributed by atoms with Crippen LogP contribution >= 0.6 is 0 Å². The second-order valence-corrected chi connectivity index (χ2v) is 16.8. The minimum absolute atomic E-state index is 0.0224. The molecule has 0 aliphatic carbocycles. The van der Waals surface area contributed by atoms with Crippen molar-refractivity contribution in [1.29, 1.82) is 0 Å². The summed E-state index contributed by atoms with van der Waals surface area (Å²) in [5.74, 6) is 0.0224. The number of ether oxygens (including phenoxy) is 2. The summed E-state index contributed by atoms with van der Waals surface area (Å²) in [5.41, 5.74) is 0. The van der Waals surface area contributed by atoms with Crippen molar-refractivity contribution < 1.29 is 34.7 Å². The maximum Gasteiger partial charge on any atom is 0.220 e. The molecule has 1 fully saturated rings. The fourth-order valence-electron chi connectivity index (χ4n) is 7.86. The number of aliphatic hydroxyl groups excluding tert-OH is 4. The van der Waals surface area contributed by atoms with Crippen LogP contribution in [-0.2, 0) is 14.3 Å². The average molecular weight is 770 g/mol. The molecule has 0 radical (unpaired) electrons. The molecule has 0 saturated carbocycles. The van der Waals surface area contributed by atoms with Gasteiger partial charge in [0.05, 0.1) is 19.3 Å². The SMILES string of the molecule is CCCCCCCCCCCCCCCCCCCCCCCC(=O)NC(CCCCCCCCCCCCCC)CO[C@H]1O[C@H](CO)[C@H](O)[C@H](O)[C@H]1O. The number of nitrogens with one attached hydrogen (secondary N) is 1. The van der Waals surface area contributed by atoms with E-state index in [0.717, 1.165) is 32.1 Å². The zero-order valence-corrected chi connectivity index (χ0v) is 35.6. The predicted octanol–water partition coefficient (Wildman–Crippen LogP) is 11.0. The zero-order chi connectivity index (χ0) is 39.3. The lowest BCUT2D eigenvalue weighted by Gasteiger charge is -2.40. The second kappa shape index (κ2) is 37.8. The molecule has 1 amide bonds. The topological polar surface area (TPSA) is 128 Å². The Labute approximate surface area is 333 Å². The standard InChI is InChI=1S/C46H91NO7/c1-3-5-7-9-11-13-15-17-18-19-20-21-22-23-24-25-27-29-31-33-35-37-42(49)47-40(36-34-32-30-28-26-16-14-12-10-8-6-4-2)39-53-46-45(52)44(51)43(50)41(38-48)54-46/h40-41,43-46,48,50-52H,3-39H2,1-2H3,(H,47,49)/t40?,41-,43+,44+,45-,46+/m1/s1. The van der Waals surface area contributed by atoms with Crippen molar-refractivity contribution in [3.63, 3.8) is 0 Å². The van der Waals surface area contributed by atoms with Gasteiger partial charge in [-0.15, -0.1) is 0 Å². The monoisotopic (exact) mass is 770 g/mol. The summed E-state index contributed by atoms with van der Waals surface area (Å²) in [4.78, 5) is 12.9. The van der Waals surface area contributed by atoms with E-state index in [9.17, 15) is 25.2 Å². The van der Waals surface area contributed by atoms with Gasteiger partial charge in [-0.25, -0.2) is 0 Å². The first-order chi connectivity index (χ1) is 26.4. The summed E-state index contributed by atoms with van der Waals surface area (Å²) in [7, 11) is 0. The van der Waals surface area contributed by atoms with Gasteiger partial charge in [-0.05, 0) is 12.8 Å². The van der Waals surface area contributed by atoms with Gasteiger partial charge in [0, 0.05) is 6.42 Å². The Hall–Kier alpha value is -0.770. The van der Waals surface area contributed by atoms with E-state index in [1.165, 1.54) is 186 Å². The molecule has 0 bridgehead atoms. The van der Waals surface area contributed by atoms with Gasteiger partial charge in [0.15, 0.2) is 6.29 Å². The van der Waals surface area contributed by atoms with E-state index >= 15 is 0 Å². The maximum atomic E-state index is 12.9. The molecule has 1 saturated heterocycles. The highest BCUT2D eigenvalue weighted by atomic mass is 16.7. The van der Waals surface area contributed by atoms with Crippen molar-refractivity contribution in [3.05, 3.63) is 0 Å². The van der Waals surface area contributed by atoms with E-state index in [4.69, 9.17) is 9.47 Å². The molecule has 6 atom stereocenters. The molecular weight excluding hydrogens is 679 g/mol. The summed E-state index contributed by atoms with van der Waals surface area (Å²) in [6.45, 7) is 4.18. The molecule has 1 aliphatic heterocycles. The molecule has 8 heteroatoms. The molecule has 0 aromatic rings. The van der Waals surface area contributed by atoms with Crippen molar-refractivity contribution in [2.75, 3.05) is 13.2 Å². The van der Waals surface area contributed by atoms with Crippen molar-refractivity contribution in [2.24, 2.45) is 0 Å². The van der Waals surface area contributed by atoms with Gasteiger partial charge >= 0.3 is 0 Å². The summed E-state index contributed by atoms with van der Waals surface area (Å²) in [6.07, 6.45) is 38.0. The quantitative estimate of drug-likeness (QED) is 0.0393. The van der Waals surface area contributed by atoms with Crippen LogP contribution in [0.4, 0.5) is 0 Å². The largest absolute Gasteiger partial charge is 0.394 e. The molecule has 1 heterocycles. The van der Waals surface area contributed by atoms with Gasteiger partial charge in [-0.3, -0.25) is 4.79 Å². The first kappa shape index (κ1) is 51.2. The fourth-order valence-corrected chi connectivity index (χ4v) is 7.86.